The SMILES string of the molecule is CS(=O)(=O)NCCC1CCCCN1C(=O)c1cccc(N)c1. The summed E-state index contributed by atoms with van der Waals surface area (Å²) in [5, 5.41) is 0. The van der Waals surface area contributed by atoms with E-state index in [9.17, 15) is 13.2 Å². The lowest BCUT2D eigenvalue weighted by molar-refractivity contribution is 0.0604. The number of nitrogens with zero attached hydrogens (tertiary/aromatic N) is 1. The van der Waals surface area contributed by atoms with E-state index in [1.165, 1.54) is 0 Å². The van der Waals surface area contributed by atoms with E-state index in [2.05, 4.69) is 4.72 Å². The molecule has 6 nitrogen and oxygen atoms in total. The number of amides is 1. The van der Waals surface area contributed by atoms with Crippen molar-refractivity contribution in [1.82, 2.24) is 9.62 Å². The van der Waals surface area contributed by atoms with Gasteiger partial charge in [-0.3, -0.25) is 4.79 Å². The van der Waals surface area contributed by atoms with E-state index < -0.39 is 10.0 Å². The van der Waals surface area contributed by atoms with Crippen LogP contribution in [0.3, 0.4) is 0 Å². The largest absolute Gasteiger partial charge is 0.399 e. The maximum absolute atomic E-state index is 12.7. The van der Waals surface area contributed by atoms with Crippen LogP contribution in [-0.4, -0.2) is 44.6 Å². The van der Waals surface area contributed by atoms with Crippen LogP contribution >= 0.6 is 0 Å². The van der Waals surface area contributed by atoms with Gasteiger partial charge in [0.15, 0.2) is 0 Å². The lowest BCUT2D eigenvalue weighted by Crippen LogP contribution is -2.45. The maximum Gasteiger partial charge on any atom is 0.254 e. The number of hydrogen-bond acceptors (Lipinski definition) is 4. The molecule has 0 aromatic heterocycles. The standard InChI is InChI=1S/C15H23N3O3S/c1-22(20,21)17-9-8-14-7-2-3-10-18(14)15(19)12-5-4-6-13(16)11-12/h4-6,11,14,17H,2-3,7-10,16H2,1H3. The first-order valence-corrected chi connectivity index (χ1v) is 9.37. The summed E-state index contributed by atoms with van der Waals surface area (Å²) in [6, 6.07) is 7.03. The zero-order chi connectivity index (χ0) is 16.2. The van der Waals surface area contributed by atoms with Gasteiger partial charge in [0.2, 0.25) is 10.0 Å². The van der Waals surface area contributed by atoms with Gasteiger partial charge in [-0.25, -0.2) is 13.1 Å². The Morgan fingerprint density at radius 3 is 2.86 bits per heavy atom. The van der Waals surface area contributed by atoms with Gasteiger partial charge in [-0.1, -0.05) is 6.07 Å². The van der Waals surface area contributed by atoms with Crippen LogP contribution in [-0.2, 0) is 10.0 Å². The minimum atomic E-state index is -3.19. The molecular weight excluding hydrogens is 302 g/mol. The van der Waals surface area contributed by atoms with Gasteiger partial charge < -0.3 is 10.6 Å². The Morgan fingerprint density at radius 2 is 2.18 bits per heavy atom. The Labute approximate surface area is 131 Å². The minimum Gasteiger partial charge on any atom is -0.399 e. The Kier molecular flexibility index (Phi) is 5.42. The number of likely N-dealkylation sites (tertiary alicyclic amines) is 1. The van der Waals surface area contributed by atoms with Gasteiger partial charge in [0.1, 0.15) is 0 Å². The number of benzene rings is 1. The smallest absolute Gasteiger partial charge is 0.254 e. The van der Waals surface area contributed by atoms with Crippen LogP contribution in [0.1, 0.15) is 36.0 Å². The number of sulfonamides is 1. The number of carbonyl (C=O) groups excluding carboxylic acids is 1. The number of nitrogens with two attached hydrogens (primary N) is 1. The lowest BCUT2D eigenvalue weighted by Gasteiger charge is -2.36. The molecule has 0 spiro atoms. The van der Waals surface area contributed by atoms with Crippen molar-refractivity contribution in [3.8, 4) is 0 Å². The molecule has 2 rings (SSSR count). The Hall–Kier alpha value is -1.60. The summed E-state index contributed by atoms with van der Waals surface area (Å²) in [4.78, 5) is 14.5. The third-order valence-corrected chi connectivity index (χ3v) is 4.59. The molecule has 1 heterocycles. The number of rotatable bonds is 5. The van der Waals surface area contributed by atoms with Gasteiger partial charge in [0.05, 0.1) is 6.26 Å². The van der Waals surface area contributed by atoms with Crippen molar-refractivity contribution < 1.29 is 13.2 Å². The molecule has 1 amide bonds. The molecule has 1 atom stereocenters. The Bertz CT molecular complexity index is 631. The van der Waals surface area contributed by atoms with Crippen molar-refractivity contribution in [3.05, 3.63) is 29.8 Å². The van der Waals surface area contributed by atoms with Crippen LogP contribution in [0.15, 0.2) is 24.3 Å². The molecule has 1 aromatic carbocycles. The summed E-state index contributed by atoms with van der Waals surface area (Å²) in [7, 11) is -3.19. The van der Waals surface area contributed by atoms with Gasteiger partial charge in [0, 0.05) is 30.4 Å². The highest BCUT2D eigenvalue weighted by Crippen LogP contribution is 2.22. The molecule has 1 unspecified atom stereocenters. The average molecular weight is 325 g/mol. The van der Waals surface area contributed by atoms with Crippen molar-refractivity contribution in [2.75, 3.05) is 25.1 Å². The molecule has 22 heavy (non-hydrogen) atoms. The fourth-order valence-corrected chi connectivity index (χ4v) is 3.31. The van der Waals surface area contributed by atoms with Gasteiger partial charge >= 0.3 is 0 Å². The molecule has 0 radical (unpaired) electrons. The molecule has 1 aliphatic rings. The summed E-state index contributed by atoms with van der Waals surface area (Å²) in [6.07, 6.45) is 4.71. The number of anilines is 1. The highest BCUT2D eigenvalue weighted by Gasteiger charge is 2.27. The fraction of sp³-hybridized carbons (Fsp3) is 0.533. The van der Waals surface area contributed by atoms with Crippen molar-refractivity contribution in [1.29, 1.82) is 0 Å². The molecule has 3 N–H and O–H groups in total. The van der Waals surface area contributed by atoms with E-state index in [1.807, 2.05) is 4.90 Å². The van der Waals surface area contributed by atoms with Gasteiger partial charge in [-0.15, -0.1) is 0 Å². The molecule has 1 saturated heterocycles. The Balaban J connectivity index is 2.04. The zero-order valence-electron chi connectivity index (χ0n) is 12.8. The van der Waals surface area contributed by atoms with Crippen LogP contribution in [0.4, 0.5) is 5.69 Å². The highest BCUT2D eigenvalue weighted by atomic mass is 32.2. The second-order valence-electron chi connectivity index (χ2n) is 5.73. The summed E-state index contributed by atoms with van der Waals surface area (Å²) in [5.74, 6) is -0.0312. The van der Waals surface area contributed by atoms with E-state index in [4.69, 9.17) is 5.73 Å². The third-order valence-electron chi connectivity index (χ3n) is 3.86. The van der Waals surface area contributed by atoms with E-state index in [-0.39, 0.29) is 11.9 Å². The van der Waals surface area contributed by atoms with Crippen molar-refractivity contribution in [3.63, 3.8) is 0 Å². The van der Waals surface area contributed by atoms with Crippen LogP contribution < -0.4 is 10.5 Å². The molecule has 1 fully saturated rings. The number of carbonyl (C=O) groups is 1. The third kappa shape index (κ3) is 4.71. The summed E-state index contributed by atoms with van der Waals surface area (Å²) in [6.45, 7) is 1.06. The van der Waals surface area contributed by atoms with Gasteiger partial charge in [-0.2, -0.15) is 0 Å². The Morgan fingerprint density at radius 1 is 1.41 bits per heavy atom. The lowest BCUT2D eigenvalue weighted by atomic mass is 9.98. The topological polar surface area (TPSA) is 92.5 Å². The van der Waals surface area contributed by atoms with Crippen molar-refractivity contribution in [2.45, 2.75) is 31.7 Å². The van der Waals surface area contributed by atoms with Gasteiger partial charge in [-0.05, 0) is 43.9 Å². The van der Waals surface area contributed by atoms with E-state index in [1.54, 1.807) is 24.3 Å². The molecule has 122 valence electrons. The predicted molar refractivity (Wildman–Crippen MR) is 87.0 cm³/mol. The molecule has 0 aliphatic carbocycles. The number of piperidine rings is 1. The second-order valence-corrected chi connectivity index (χ2v) is 7.56. The molecular formula is C15H23N3O3S. The average Bonchev–Trinajstić information content (AvgIpc) is 2.46. The summed E-state index contributed by atoms with van der Waals surface area (Å²) >= 11 is 0. The first-order chi connectivity index (χ1) is 10.4. The number of nitrogens with one attached hydrogen (secondary N) is 1. The number of hydrogen-bond donors (Lipinski definition) is 2. The second kappa shape index (κ2) is 7.11. The normalized spacial score (nSPS) is 19.1. The van der Waals surface area contributed by atoms with E-state index in [0.717, 1.165) is 25.5 Å². The molecule has 0 bridgehead atoms. The van der Waals surface area contributed by atoms with Gasteiger partial charge in [0.25, 0.3) is 5.91 Å². The summed E-state index contributed by atoms with van der Waals surface area (Å²) < 4.78 is 24.8. The summed E-state index contributed by atoms with van der Waals surface area (Å²) in [5.41, 5.74) is 6.90. The molecule has 1 aliphatic heterocycles. The number of nitrogen functional groups attached to an aromatic ring is 1. The van der Waals surface area contributed by atoms with Crippen LogP contribution in [0.2, 0.25) is 0 Å². The van der Waals surface area contributed by atoms with Crippen molar-refractivity contribution >= 4 is 21.6 Å². The first kappa shape index (κ1) is 16.8. The quantitative estimate of drug-likeness (QED) is 0.796. The molecule has 7 heteroatoms. The van der Waals surface area contributed by atoms with E-state index >= 15 is 0 Å². The minimum absolute atomic E-state index is 0.0312. The van der Waals surface area contributed by atoms with Crippen LogP contribution in [0.5, 0.6) is 0 Å². The monoisotopic (exact) mass is 325 g/mol. The fourth-order valence-electron chi connectivity index (χ4n) is 2.82. The van der Waals surface area contributed by atoms with Crippen LogP contribution in [0.25, 0.3) is 0 Å². The zero-order valence-corrected chi connectivity index (χ0v) is 13.6. The highest BCUT2D eigenvalue weighted by molar-refractivity contribution is 7.88. The predicted octanol–water partition coefficient (Wildman–Crippen LogP) is 1.20. The maximum atomic E-state index is 12.7. The van der Waals surface area contributed by atoms with Crippen LogP contribution in [0, 0.1) is 0 Å². The first-order valence-electron chi connectivity index (χ1n) is 7.48. The van der Waals surface area contributed by atoms with Crippen molar-refractivity contribution in [2.24, 2.45) is 0 Å². The van der Waals surface area contributed by atoms with E-state index in [0.29, 0.717) is 30.8 Å². The molecule has 1 aromatic rings. The molecule has 0 saturated carbocycles.